The van der Waals surface area contributed by atoms with Gasteiger partial charge < -0.3 is 10.1 Å². The number of aryl methyl sites for hydroxylation is 2. The van der Waals surface area contributed by atoms with E-state index in [0.29, 0.717) is 12.2 Å². The van der Waals surface area contributed by atoms with E-state index in [2.05, 4.69) is 36.3 Å². The largest absolute Gasteiger partial charge is 0.462 e. The molecule has 3 aromatic rings. The molecule has 1 heterocycles. The average molecular weight is 320 g/mol. The van der Waals surface area contributed by atoms with Crippen molar-refractivity contribution in [3.63, 3.8) is 0 Å². The summed E-state index contributed by atoms with van der Waals surface area (Å²) in [6, 6.07) is 13.5. The number of carbonyl (C=O) groups is 1. The number of carbonyl (C=O) groups excluding carboxylic acids is 1. The number of hydrogen-bond donors (Lipinski definition) is 1. The van der Waals surface area contributed by atoms with E-state index in [-0.39, 0.29) is 5.97 Å². The number of fused-ring (bicyclic) bond motifs is 1. The van der Waals surface area contributed by atoms with E-state index >= 15 is 0 Å². The van der Waals surface area contributed by atoms with Gasteiger partial charge in [-0.3, -0.25) is 4.98 Å². The molecule has 0 saturated carbocycles. The maximum absolute atomic E-state index is 11.7. The second-order valence-corrected chi connectivity index (χ2v) is 5.76. The van der Waals surface area contributed by atoms with Crippen molar-refractivity contribution in [3.8, 4) is 0 Å². The first-order valence-electron chi connectivity index (χ1n) is 7.98. The topological polar surface area (TPSA) is 51.2 Å². The van der Waals surface area contributed by atoms with Crippen LogP contribution in [0.2, 0.25) is 0 Å². The van der Waals surface area contributed by atoms with Gasteiger partial charge >= 0.3 is 5.97 Å². The molecule has 0 fully saturated rings. The number of hydrogen-bond acceptors (Lipinski definition) is 4. The van der Waals surface area contributed by atoms with E-state index < -0.39 is 0 Å². The van der Waals surface area contributed by atoms with Crippen LogP contribution < -0.4 is 5.32 Å². The number of ether oxygens (including phenoxy) is 1. The van der Waals surface area contributed by atoms with Gasteiger partial charge in [-0.05, 0) is 62.7 Å². The van der Waals surface area contributed by atoms with Crippen LogP contribution in [0.5, 0.6) is 0 Å². The van der Waals surface area contributed by atoms with Gasteiger partial charge in [-0.15, -0.1) is 0 Å². The lowest BCUT2D eigenvalue weighted by Gasteiger charge is -2.12. The summed E-state index contributed by atoms with van der Waals surface area (Å²) in [6.07, 6.45) is 1.81. The zero-order valence-electron chi connectivity index (χ0n) is 14.1. The summed E-state index contributed by atoms with van der Waals surface area (Å²) < 4.78 is 5.00. The molecule has 0 radical (unpaired) electrons. The van der Waals surface area contributed by atoms with Crippen molar-refractivity contribution in [1.29, 1.82) is 0 Å². The van der Waals surface area contributed by atoms with Crippen LogP contribution in [0.25, 0.3) is 10.9 Å². The molecule has 0 atom stereocenters. The van der Waals surface area contributed by atoms with Crippen LogP contribution in [0.1, 0.15) is 28.4 Å². The average Bonchev–Trinajstić information content (AvgIpc) is 2.56. The Balaban J connectivity index is 1.91. The minimum absolute atomic E-state index is 0.301. The van der Waals surface area contributed by atoms with Crippen molar-refractivity contribution in [2.24, 2.45) is 0 Å². The molecule has 0 bridgehead atoms. The Morgan fingerprint density at radius 1 is 1.12 bits per heavy atom. The highest BCUT2D eigenvalue weighted by Gasteiger charge is 2.08. The standard InChI is InChI=1S/C20H20N2O2/c1-4-24-20(23)15-5-7-16(8-6-15)22-18-9-10-21-19-14(3)11-13(2)12-17(18)19/h5-12H,4H2,1-3H3,(H,21,22). The summed E-state index contributed by atoms with van der Waals surface area (Å²) in [7, 11) is 0. The van der Waals surface area contributed by atoms with Crippen molar-refractivity contribution in [3.05, 3.63) is 65.4 Å². The molecule has 0 aliphatic rings. The van der Waals surface area contributed by atoms with Crippen LogP contribution in [-0.2, 0) is 4.74 Å². The number of esters is 1. The third-order valence-corrected chi connectivity index (χ3v) is 3.85. The van der Waals surface area contributed by atoms with Gasteiger partial charge in [0.25, 0.3) is 0 Å². The van der Waals surface area contributed by atoms with E-state index in [0.717, 1.165) is 27.8 Å². The molecule has 4 heteroatoms. The smallest absolute Gasteiger partial charge is 0.338 e. The van der Waals surface area contributed by atoms with Gasteiger partial charge in [-0.1, -0.05) is 11.6 Å². The van der Waals surface area contributed by atoms with Gasteiger partial charge in [0.05, 0.1) is 17.7 Å². The molecule has 4 nitrogen and oxygen atoms in total. The van der Waals surface area contributed by atoms with Gasteiger partial charge in [0.1, 0.15) is 0 Å². The quantitative estimate of drug-likeness (QED) is 0.703. The molecular formula is C20H20N2O2. The molecule has 0 aliphatic heterocycles. The summed E-state index contributed by atoms with van der Waals surface area (Å²) in [5.41, 5.74) is 5.81. The second-order valence-electron chi connectivity index (χ2n) is 5.76. The fraction of sp³-hybridized carbons (Fsp3) is 0.200. The molecule has 0 saturated heterocycles. The summed E-state index contributed by atoms with van der Waals surface area (Å²) in [6.45, 7) is 6.32. The Morgan fingerprint density at radius 3 is 2.58 bits per heavy atom. The van der Waals surface area contributed by atoms with Crippen LogP contribution in [0, 0.1) is 13.8 Å². The van der Waals surface area contributed by atoms with Crippen molar-refractivity contribution >= 4 is 28.2 Å². The van der Waals surface area contributed by atoms with E-state index in [1.54, 1.807) is 25.3 Å². The molecule has 0 unspecified atom stereocenters. The first-order valence-corrected chi connectivity index (χ1v) is 7.98. The van der Waals surface area contributed by atoms with Crippen LogP contribution in [0.15, 0.2) is 48.7 Å². The first-order chi connectivity index (χ1) is 11.6. The number of benzene rings is 2. The number of rotatable bonds is 4. The van der Waals surface area contributed by atoms with Crippen LogP contribution in [0.4, 0.5) is 11.4 Å². The van der Waals surface area contributed by atoms with Gasteiger partial charge in [-0.25, -0.2) is 4.79 Å². The Labute approximate surface area is 141 Å². The highest BCUT2D eigenvalue weighted by molar-refractivity contribution is 5.95. The number of nitrogens with zero attached hydrogens (tertiary/aromatic N) is 1. The first kappa shape index (κ1) is 16.0. The number of aromatic nitrogens is 1. The molecule has 1 aromatic heterocycles. The molecular weight excluding hydrogens is 300 g/mol. The third kappa shape index (κ3) is 3.23. The molecule has 1 N–H and O–H groups in total. The fourth-order valence-corrected chi connectivity index (χ4v) is 2.78. The fourth-order valence-electron chi connectivity index (χ4n) is 2.78. The van der Waals surface area contributed by atoms with E-state index in [9.17, 15) is 4.79 Å². The van der Waals surface area contributed by atoms with Crippen LogP contribution >= 0.6 is 0 Å². The van der Waals surface area contributed by atoms with Crippen LogP contribution in [0.3, 0.4) is 0 Å². The predicted octanol–water partition coefficient (Wildman–Crippen LogP) is 4.77. The predicted molar refractivity (Wildman–Crippen MR) is 96.9 cm³/mol. The molecule has 24 heavy (non-hydrogen) atoms. The maximum atomic E-state index is 11.7. The SMILES string of the molecule is CCOC(=O)c1ccc(Nc2ccnc3c(C)cc(C)cc23)cc1. The van der Waals surface area contributed by atoms with E-state index in [1.807, 2.05) is 18.2 Å². The zero-order chi connectivity index (χ0) is 17.1. The van der Waals surface area contributed by atoms with Gasteiger partial charge in [0.2, 0.25) is 0 Å². The Hall–Kier alpha value is -2.88. The highest BCUT2D eigenvalue weighted by atomic mass is 16.5. The molecule has 2 aromatic carbocycles. The minimum Gasteiger partial charge on any atom is -0.462 e. The van der Waals surface area contributed by atoms with Gasteiger partial charge in [0, 0.05) is 23.0 Å². The lowest BCUT2D eigenvalue weighted by atomic mass is 10.1. The van der Waals surface area contributed by atoms with Gasteiger partial charge in [-0.2, -0.15) is 0 Å². The minimum atomic E-state index is -0.301. The molecule has 0 amide bonds. The molecule has 122 valence electrons. The lowest BCUT2D eigenvalue weighted by Crippen LogP contribution is -2.04. The molecule has 3 rings (SSSR count). The van der Waals surface area contributed by atoms with Crippen molar-refractivity contribution in [2.75, 3.05) is 11.9 Å². The summed E-state index contributed by atoms with van der Waals surface area (Å²) >= 11 is 0. The molecule has 0 aliphatic carbocycles. The van der Waals surface area contributed by atoms with Crippen molar-refractivity contribution in [1.82, 2.24) is 4.98 Å². The third-order valence-electron chi connectivity index (χ3n) is 3.85. The molecule has 0 spiro atoms. The second kappa shape index (κ2) is 6.71. The van der Waals surface area contributed by atoms with Gasteiger partial charge in [0.15, 0.2) is 0 Å². The summed E-state index contributed by atoms with van der Waals surface area (Å²) in [4.78, 5) is 16.2. The Morgan fingerprint density at radius 2 is 1.88 bits per heavy atom. The van der Waals surface area contributed by atoms with Crippen molar-refractivity contribution in [2.45, 2.75) is 20.8 Å². The summed E-state index contributed by atoms with van der Waals surface area (Å²) in [5.74, 6) is -0.301. The summed E-state index contributed by atoms with van der Waals surface area (Å²) in [5, 5.41) is 4.49. The number of pyridine rings is 1. The number of nitrogens with one attached hydrogen (secondary N) is 1. The monoisotopic (exact) mass is 320 g/mol. The van der Waals surface area contributed by atoms with Crippen molar-refractivity contribution < 1.29 is 9.53 Å². The normalized spacial score (nSPS) is 10.6. The lowest BCUT2D eigenvalue weighted by molar-refractivity contribution is 0.0526. The zero-order valence-corrected chi connectivity index (χ0v) is 14.1. The van der Waals surface area contributed by atoms with Crippen LogP contribution in [-0.4, -0.2) is 17.6 Å². The maximum Gasteiger partial charge on any atom is 0.338 e. The van der Waals surface area contributed by atoms with E-state index in [4.69, 9.17) is 4.74 Å². The highest BCUT2D eigenvalue weighted by Crippen LogP contribution is 2.28. The number of anilines is 2. The van der Waals surface area contributed by atoms with E-state index in [1.165, 1.54) is 5.56 Å². The Bertz CT molecular complexity index is 886. The Kier molecular flexibility index (Phi) is 4.47.